The van der Waals surface area contributed by atoms with Gasteiger partial charge in [0.25, 0.3) is 0 Å². The van der Waals surface area contributed by atoms with Crippen LogP contribution < -0.4 is 4.72 Å². The Kier molecular flexibility index (Phi) is 5.99. The number of hydrogen-bond donors (Lipinski definition) is 1. The van der Waals surface area contributed by atoms with Crippen molar-refractivity contribution in [3.8, 4) is 0 Å². The van der Waals surface area contributed by atoms with Crippen molar-refractivity contribution < 1.29 is 21.6 Å². The number of hydrogen-bond acceptors (Lipinski definition) is 4. The van der Waals surface area contributed by atoms with Crippen LogP contribution in [0.3, 0.4) is 0 Å². The molecule has 0 radical (unpaired) electrons. The SMILES string of the molecule is CN1CCCC(CNS(=O)(=O)c2ccc(SC(F)(F)F)cc2)C1. The summed E-state index contributed by atoms with van der Waals surface area (Å²) in [6, 6.07) is 4.73. The summed E-state index contributed by atoms with van der Waals surface area (Å²) in [7, 11) is -1.70. The Hall–Kier alpha value is -0.770. The molecule has 1 heterocycles. The summed E-state index contributed by atoms with van der Waals surface area (Å²) >= 11 is -0.264. The van der Waals surface area contributed by atoms with E-state index in [1.165, 1.54) is 24.3 Å². The molecule has 0 amide bonds. The topological polar surface area (TPSA) is 49.4 Å². The van der Waals surface area contributed by atoms with Gasteiger partial charge in [-0.2, -0.15) is 13.2 Å². The highest BCUT2D eigenvalue weighted by atomic mass is 32.2. The van der Waals surface area contributed by atoms with E-state index in [4.69, 9.17) is 0 Å². The number of halogens is 3. The van der Waals surface area contributed by atoms with Crippen LogP contribution in [0.25, 0.3) is 0 Å². The molecule has 1 saturated heterocycles. The molecule has 9 heteroatoms. The van der Waals surface area contributed by atoms with E-state index in [0.717, 1.165) is 25.9 Å². The van der Waals surface area contributed by atoms with Crippen molar-refractivity contribution in [2.45, 2.75) is 28.1 Å². The maximum absolute atomic E-state index is 12.3. The molecule has 2 rings (SSSR count). The van der Waals surface area contributed by atoms with E-state index in [1.807, 2.05) is 7.05 Å². The van der Waals surface area contributed by atoms with Gasteiger partial charge in [0.2, 0.25) is 10.0 Å². The second-order valence-electron chi connectivity index (χ2n) is 5.64. The van der Waals surface area contributed by atoms with Crippen molar-refractivity contribution in [3.05, 3.63) is 24.3 Å². The fourth-order valence-electron chi connectivity index (χ4n) is 2.57. The van der Waals surface area contributed by atoms with Crippen LogP contribution in [-0.4, -0.2) is 45.5 Å². The highest BCUT2D eigenvalue weighted by Crippen LogP contribution is 2.36. The molecule has 130 valence electrons. The van der Waals surface area contributed by atoms with Gasteiger partial charge in [0.1, 0.15) is 0 Å². The Labute approximate surface area is 138 Å². The minimum atomic E-state index is -4.38. The summed E-state index contributed by atoms with van der Waals surface area (Å²) in [6.07, 6.45) is 2.00. The first-order chi connectivity index (χ1) is 10.7. The molecule has 1 atom stereocenters. The number of piperidine rings is 1. The van der Waals surface area contributed by atoms with Crippen LogP contribution in [0.15, 0.2) is 34.1 Å². The largest absolute Gasteiger partial charge is 0.446 e. The maximum atomic E-state index is 12.3. The van der Waals surface area contributed by atoms with Crippen LogP contribution in [-0.2, 0) is 10.0 Å². The van der Waals surface area contributed by atoms with Gasteiger partial charge in [-0.1, -0.05) is 0 Å². The van der Waals surface area contributed by atoms with Gasteiger partial charge in [-0.05, 0) is 68.4 Å². The fourth-order valence-corrected chi connectivity index (χ4v) is 4.23. The van der Waals surface area contributed by atoms with Crippen molar-refractivity contribution in [3.63, 3.8) is 0 Å². The van der Waals surface area contributed by atoms with Crippen molar-refractivity contribution in [1.82, 2.24) is 9.62 Å². The van der Waals surface area contributed by atoms with Crippen LogP contribution >= 0.6 is 11.8 Å². The highest BCUT2D eigenvalue weighted by molar-refractivity contribution is 8.00. The summed E-state index contributed by atoms with van der Waals surface area (Å²) < 4.78 is 63.7. The van der Waals surface area contributed by atoms with E-state index in [1.54, 1.807) is 0 Å². The minimum absolute atomic E-state index is 0.0202. The normalized spacial score (nSPS) is 20.6. The molecule has 1 aromatic rings. The number of likely N-dealkylation sites (tertiary alicyclic amines) is 1. The van der Waals surface area contributed by atoms with Crippen molar-refractivity contribution >= 4 is 21.8 Å². The Morgan fingerprint density at radius 1 is 1.30 bits per heavy atom. The number of nitrogens with zero attached hydrogens (tertiary/aromatic N) is 1. The molecule has 23 heavy (non-hydrogen) atoms. The molecule has 0 bridgehead atoms. The Balaban J connectivity index is 1.96. The number of thioether (sulfide) groups is 1. The smallest absolute Gasteiger partial charge is 0.306 e. The van der Waals surface area contributed by atoms with E-state index in [2.05, 4.69) is 9.62 Å². The number of benzene rings is 1. The minimum Gasteiger partial charge on any atom is -0.306 e. The molecule has 4 nitrogen and oxygen atoms in total. The van der Waals surface area contributed by atoms with Gasteiger partial charge in [-0.3, -0.25) is 0 Å². The number of nitrogens with one attached hydrogen (secondary N) is 1. The summed E-state index contributed by atoms with van der Waals surface area (Å²) in [5.41, 5.74) is -4.38. The fraction of sp³-hybridized carbons (Fsp3) is 0.571. The third-order valence-electron chi connectivity index (χ3n) is 3.65. The monoisotopic (exact) mass is 368 g/mol. The number of rotatable bonds is 5. The van der Waals surface area contributed by atoms with Gasteiger partial charge < -0.3 is 4.90 Å². The summed E-state index contributed by atoms with van der Waals surface area (Å²) in [5, 5.41) is 0. The average Bonchev–Trinajstić information content (AvgIpc) is 2.44. The number of sulfonamides is 1. The van der Waals surface area contributed by atoms with Gasteiger partial charge >= 0.3 is 5.51 Å². The predicted molar refractivity (Wildman–Crippen MR) is 83.8 cm³/mol. The van der Waals surface area contributed by atoms with Crippen molar-refractivity contribution in [2.24, 2.45) is 5.92 Å². The lowest BCUT2D eigenvalue weighted by Crippen LogP contribution is -2.39. The summed E-state index contributed by atoms with van der Waals surface area (Å²) in [6.45, 7) is 2.19. The van der Waals surface area contributed by atoms with E-state index in [9.17, 15) is 21.6 Å². The molecule has 1 aliphatic heterocycles. The lowest BCUT2D eigenvalue weighted by Gasteiger charge is -2.29. The Bertz CT molecular complexity index is 618. The van der Waals surface area contributed by atoms with E-state index >= 15 is 0 Å². The van der Waals surface area contributed by atoms with Crippen LogP contribution in [0.1, 0.15) is 12.8 Å². The second-order valence-corrected chi connectivity index (χ2v) is 8.55. The maximum Gasteiger partial charge on any atom is 0.446 e. The van der Waals surface area contributed by atoms with Crippen LogP contribution in [0.2, 0.25) is 0 Å². The van der Waals surface area contributed by atoms with Crippen LogP contribution in [0, 0.1) is 5.92 Å². The van der Waals surface area contributed by atoms with Gasteiger partial charge in [0.15, 0.2) is 0 Å². The molecule has 0 aliphatic carbocycles. The van der Waals surface area contributed by atoms with E-state index in [-0.39, 0.29) is 27.5 Å². The lowest BCUT2D eigenvalue weighted by atomic mass is 9.99. The first kappa shape index (κ1) is 18.6. The van der Waals surface area contributed by atoms with Gasteiger partial charge in [0.05, 0.1) is 4.90 Å². The quantitative estimate of drug-likeness (QED) is 0.812. The second kappa shape index (κ2) is 7.42. The Morgan fingerprint density at radius 3 is 2.52 bits per heavy atom. The van der Waals surface area contributed by atoms with Gasteiger partial charge in [-0.25, -0.2) is 13.1 Å². The molecule has 1 aromatic carbocycles. The summed E-state index contributed by atoms with van der Waals surface area (Å²) in [5.74, 6) is 0.253. The first-order valence-corrected chi connectivity index (χ1v) is 9.50. The zero-order chi connectivity index (χ0) is 17.1. The third kappa shape index (κ3) is 5.98. The average molecular weight is 368 g/mol. The Morgan fingerprint density at radius 2 is 1.96 bits per heavy atom. The van der Waals surface area contributed by atoms with Gasteiger partial charge in [-0.15, -0.1) is 0 Å². The molecule has 1 N–H and O–H groups in total. The first-order valence-electron chi connectivity index (χ1n) is 7.20. The summed E-state index contributed by atoms with van der Waals surface area (Å²) in [4.78, 5) is 2.10. The van der Waals surface area contributed by atoms with Gasteiger partial charge in [0, 0.05) is 18.0 Å². The predicted octanol–water partition coefficient (Wildman–Crippen LogP) is 2.92. The van der Waals surface area contributed by atoms with Crippen LogP contribution in [0.4, 0.5) is 13.2 Å². The molecular formula is C14H19F3N2O2S2. The van der Waals surface area contributed by atoms with Crippen molar-refractivity contribution in [2.75, 3.05) is 26.7 Å². The molecule has 0 saturated carbocycles. The number of alkyl halides is 3. The lowest BCUT2D eigenvalue weighted by molar-refractivity contribution is -0.0328. The molecule has 0 spiro atoms. The zero-order valence-electron chi connectivity index (χ0n) is 12.6. The molecular weight excluding hydrogens is 349 g/mol. The van der Waals surface area contributed by atoms with Crippen molar-refractivity contribution in [1.29, 1.82) is 0 Å². The van der Waals surface area contributed by atoms with E-state index < -0.39 is 15.5 Å². The van der Waals surface area contributed by atoms with Crippen LogP contribution in [0.5, 0.6) is 0 Å². The standard InChI is InChI=1S/C14H19F3N2O2S2/c1-19-8-2-3-11(10-19)9-18-23(20,21)13-6-4-12(5-7-13)22-14(15,16)17/h4-7,11,18H,2-3,8-10H2,1H3. The molecule has 1 aliphatic rings. The molecule has 0 aromatic heterocycles. The molecule has 1 fully saturated rings. The molecule has 1 unspecified atom stereocenters. The highest BCUT2D eigenvalue weighted by Gasteiger charge is 2.29. The third-order valence-corrected chi connectivity index (χ3v) is 5.83. The van der Waals surface area contributed by atoms with E-state index in [0.29, 0.717) is 6.54 Å². The zero-order valence-corrected chi connectivity index (χ0v) is 14.3.